The summed E-state index contributed by atoms with van der Waals surface area (Å²) in [6, 6.07) is 19.3. The van der Waals surface area contributed by atoms with E-state index in [0.717, 1.165) is 17.3 Å². The van der Waals surface area contributed by atoms with E-state index in [1.54, 1.807) is 12.1 Å². The maximum atomic E-state index is 13.4. The Labute approximate surface area is 217 Å². The number of aromatic nitrogens is 1. The minimum absolute atomic E-state index is 0.0281. The van der Waals surface area contributed by atoms with Gasteiger partial charge < -0.3 is 19.4 Å². The van der Waals surface area contributed by atoms with Crippen LogP contribution in [0.15, 0.2) is 72.3 Å². The van der Waals surface area contributed by atoms with Crippen LogP contribution in [0.5, 0.6) is 0 Å². The first-order valence-corrected chi connectivity index (χ1v) is 12.4. The van der Waals surface area contributed by atoms with Crippen molar-refractivity contribution in [1.29, 1.82) is 0 Å². The number of nitrogens with zero attached hydrogens (tertiary/aromatic N) is 1. The van der Waals surface area contributed by atoms with Crippen molar-refractivity contribution in [2.45, 2.75) is 44.8 Å². The number of carbonyl (C=O) groups is 1. The Balaban J connectivity index is 1.29. The molecule has 1 aliphatic carbocycles. The smallest absolute Gasteiger partial charge is 0.449 e. The van der Waals surface area contributed by atoms with Gasteiger partial charge in [-0.05, 0) is 73.6 Å². The Hall–Kier alpha value is -3.49. The highest BCUT2D eigenvalue weighted by Gasteiger charge is 2.52. The molecule has 0 saturated carbocycles. The monoisotopic (exact) mass is 500 g/mol. The lowest BCUT2D eigenvalue weighted by Crippen LogP contribution is -2.41. The number of hydrogen-bond donors (Lipinski definition) is 1. The third kappa shape index (κ3) is 5.04. The zero-order chi connectivity index (χ0) is 26.2. The van der Waals surface area contributed by atoms with E-state index in [-0.39, 0.29) is 19.1 Å². The van der Waals surface area contributed by atoms with Crippen molar-refractivity contribution in [3.8, 4) is 11.1 Å². The Morgan fingerprint density at radius 1 is 1.00 bits per heavy atom. The standard InChI is InChI=1S/C29H30BFN2O4/c1-28(2)29(3,4)37-30(36-28)19(15-21-14-13-20(31)17-32-21)16-33-27(34)35-18-26-24-11-7-5-9-22(24)23-10-6-8-12-25(23)26/h5-15,17,26H,16,18H2,1-4H3,(H,33,34). The van der Waals surface area contributed by atoms with Crippen molar-refractivity contribution in [2.24, 2.45) is 0 Å². The second kappa shape index (κ2) is 9.76. The minimum atomic E-state index is -0.703. The van der Waals surface area contributed by atoms with Gasteiger partial charge in [-0.2, -0.15) is 0 Å². The molecule has 0 radical (unpaired) electrons. The first-order chi connectivity index (χ1) is 17.6. The fraction of sp³-hybridized carbons (Fsp3) is 0.310. The summed E-state index contributed by atoms with van der Waals surface area (Å²) in [5.74, 6) is -0.453. The maximum absolute atomic E-state index is 13.4. The highest BCUT2D eigenvalue weighted by atomic mass is 19.1. The van der Waals surface area contributed by atoms with Crippen molar-refractivity contribution in [3.05, 3.63) is 95.0 Å². The molecule has 8 heteroatoms. The average Bonchev–Trinajstić information content (AvgIpc) is 3.30. The van der Waals surface area contributed by atoms with Crippen LogP contribution in [0.4, 0.5) is 9.18 Å². The van der Waals surface area contributed by atoms with Crippen LogP contribution < -0.4 is 5.32 Å². The molecule has 0 unspecified atom stereocenters. The van der Waals surface area contributed by atoms with Gasteiger partial charge in [-0.3, -0.25) is 4.98 Å². The molecule has 2 heterocycles. The third-order valence-corrected chi connectivity index (χ3v) is 7.42. The molecular formula is C29H30BFN2O4. The first kappa shape index (κ1) is 25.2. The highest BCUT2D eigenvalue weighted by Crippen LogP contribution is 2.44. The quantitative estimate of drug-likeness (QED) is 0.435. The molecule has 1 amide bonds. The lowest BCUT2D eigenvalue weighted by molar-refractivity contribution is 0.00578. The molecule has 2 aliphatic rings. The number of ether oxygens (including phenoxy) is 1. The zero-order valence-electron chi connectivity index (χ0n) is 21.5. The second-order valence-electron chi connectivity index (χ2n) is 10.4. The second-order valence-corrected chi connectivity index (χ2v) is 10.4. The Morgan fingerprint density at radius 3 is 2.16 bits per heavy atom. The number of hydrogen-bond acceptors (Lipinski definition) is 5. The summed E-state index contributed by atoms with van der Waals surface area (Å²) in [4.78, 5) is 16.9. The molecule has 0 bridgehead atoms. The molecule has 0 atom stereocenters. The van der Waals surface area contributed by atoms with E-state index in [9.17, 15) is 9.18 Å². The molecule has 1 fully saturated rings. The largest absolute Gasteiger partial charge is 0.492 e. The molecule has 0 spiro atoms. The van der Waals surface area contributed by atoms with Crippen LogP contribution >= 0.6 is 0 Å². The summed E-state index contributed by atoms with van der Waals surface area (Å²) < 4.78 is 31.4. The predicted octanol–water partition coefficient (Wildman–Crippen LogP) is 5.77. The third-order valence-electron chi connectivity index (χ3n) is 7.42. The molecule has 1 saturated heterocycles. The van der Waals surface area contributed by atoms with Crippen molar-refractivity contribution in [2.75, 3.05) is 13.2 Å². The van der Waals surface area contributed by atoms with E-state index in [0.29, 0.717) is 11.2 Å². The summed E-state index contributed by atoms with van der Waals surface area (Å²) >= 11 is 0. The van der Waals surface area contributed by atoms with Gasteiger partial charge in [-0.15, -0.1) is 0 Å². The van der Waals surface area contributed by atoms with Crippen LogP contribution in [-0.2, 0) is 14.0 Å². The highest BCUT2D eigenvalue weighted by molar-refractivity contribution is 6.56. The number of amides is 1. The number of pyridine rings is 1. The molecular weight excluding hydrogens is 470 g/mol. The Bertz CT molecular complexity index is 1280. The summed E-state index contributed by atoms with van der Waals surface area (Å²) in [6.07, 6.45) is 2.34. The number of halogens is 1. The Morgan fingerprint density at radius 2 is 1.59 bits per heavy atom. The molecule has 5 rings (SSSR count). The fourth-order valence-corrected chi connectivity index (χ4v) is 4.68. The number of fused-ring (bicyclic) bond motifs is 3. The van der Waals surface area contributed by atoms with Gasteiger partial charge in [-0.1, -0.05) is 48.5 Å². The topological polar surface area (TPSA) is 69.7 Å². The summed E-state index contributed by atoms with van der Waals surface area (Å²) in [6.45, 7) is 8.17. The van der Waals surface area contributed by atoms with Crippen LogP contribution in [0, 0.1) is 5.82 Å². The van der Waals surface area contributed by atoms with Crippen LogP contribution in [-0.4, -0.2) is 42.5 Å². The van der Waals surface area contributed by atoms with Gasteiger partial charge in [0.2, 0.25) is 0 Å². The SMILES string of the molecule is CC1(C)OB(C(=Cc2ccc(F)cn2)CNC(=O)OCC2c3ccccc3-c3ccccc32)OC1(C)C. The average molecular weight is 500 g/mol. The zero-order valence-corrected chi connectivity index (χ0v) is 21.5. The molecule has 1 aliphatic heterocycles. The van der Waals surface area contributed by atoms with Gasteiger partial charge in [0.15, 0.2) is 0 Å². The van der Waals surface area contributed by atoms with E-state index in [1.165, 1.54) is 17.2 Å². The number of rotatable bonds is 6. The van der Waals surface area contributed by atoms with Crippen molar-refractivity contribution >= 4 is 19.3 Å². The van der Waals surface area contributed by atoms with E-state index in [4.69, 9.17) is 14.0 Å². The molecule has 37 heavy (non-hydrogen) atoms. The number of nitrogens with one attached hydrogen (secondary N) is 1. The van der Waals surface area contributed by atoms with E-state index in [1.807, 2.05) is 52.0 Å². The molecule has 2 aromatic carbocycles. The number of benzene rings is 2. The van der Waals surface area contributed by atoms with E-state index in [2.05, 4.69) is 34.6 Å². The fourth-order valence-electron chi connectivity index (χ4n) is 4.68. The number of alkyl carbamates (subject to hydrolysis) is 1. The lowest BCUT2D eigenvalue weighted by atomic mass is 9.77. The minimum Gasteiger partial charge on any atom is -0.449 e. The van der Waals surface area contributed by atoms with Gasteiger partial charge in [0.1, 0.15) is 12.4 Å². The normalized spacial score (nSPS) is 17.9. The van der Waals surface area contributed by atoms with Crippen molar-refractivity contribution < 1.29 is 23.2 Å². The van der Waals surface area contributed by atoms with Crippen LogP contribution in [0.1, 0.15) is 50.4 Å². The van der Waals surface area contributed by atoms with Gasteiger partial charge in [0.05, 0.1) is 23.1 Å². The van der Waals surface area contributed by atoms with Crippen LogP contribution in [0.25, 0.3) is 17.2 Å². The van der Waals surface area contributed by atoms with Crippen molar-refractivity contribution in [3.63, 3.8) is 0 Å². The van der Waals surface area contributed by atoms with Crippen LogP contribution in [0.3, 0.4) is 0 Å². The maximum Gasteiger partial charge on any atom is 0.492 e. The molecule has 3 aromatic rings. The van der Waals surface area contributed by atoms with Crippen molar-refractivity contribution in [1.82, 2.24) is 10.3 Å². The van der Waals surface area contributed by atoms with Gasteiger partial charge in [0, 0.05) is 12.5 Å². The number of carbonyl (C=O) groups excluding carboxylic acids is 1. The lowest BCUT2D eigenvalue weighted by Gasteiger charge is -2.32. The molecule has 1 aromatic heterocycles. The first-order valence-electron chi connectivity index (χ1n) is 12.4. The van der Waals surface area contributed by atoms with Gasteiger partial charge in [-0.25, -0.2) is 9.18 Å². The predicted molar refractivity (Wildman–Crippen MR) is 141 cm³/mol. The summed E-state index contributed by atoms with van der Waals surface area (Å²) in [5.41, 5.74) is 4.70. The Kier molecular flexibility index (Phi) is 6.64. The summed E-state index contributed by atoms with van der Waals surface area (Å²) in [5, 5.41) is 2.83. The molecule has 190 valence electrons. The van der Waals surface area contributed by atoms with E-state index >= 15 is 0 Å². The summed E-state index contributed by atoms with van der Waals surface area (Å²) in [7, 11) is -0.703. The van der Waals surface area contributed by atoms with Gasteiger partial charge in [0.25, 0.3) is 0 Å². The molecule has 6 nitrogen and oxygen atoms in total. The van der Waals surface area contributed by atoms with Gasteiger partial charge >= 0.3 is 13.2 Å². The molecule has 1 N–H and O–H groups in total. The van der Waals surface area contributed by atoms with Crippen LogP contribution in [0.2, 0.25) is 0 Å². The van der Waals surface area contributed by atoms with E-state index < -0.39 is 30.2 Å².